The first kappa shape index (κ1) is 28.2. The topological polar surface area (TPSA) is 43.4 Å². The first-order chi connectivity index (χ1) is 16.2. The van der Waals surface area contributed by atoms with Gasteiger partial charge in [0, 0.05) is 18.1 Å². The highest BCUT2D eigenvalue weighted by atomic mass is 32.2. The van der Waals surface area contributed by atoms with Crippen LogP contribution in [-0.4, -0.2) is 31.1 Å². The largest absolute Gasteiger partial charge is 0.410 e. The molecular formula is C29H50O3SSi. The first-order valence-corrected chi connectivity index (χ1v) is 17.8. The van der Waals surface area contributed by atoms with Gasteiger partial charge in [-0.15, -0.1) is 0 Å². The minimum Gasteiger partial charge on any atom is -0.410 e. The van der Waals surface area contributed by atoms with E-state index < -0.39 is 8.32 Å². The number of hydrogen-bond acceptors (Lipinski definition) is 4. The van der Waals surface area contributed by atoms with E-state index in [4.69, 9.17) is 4.43 Å². The lowest BCUT2D eigenvalue weighted by molar-refractivity contribution is -0.129. The summed E-state index contributed by atoms with van der Waals surface area (Å²) < 4.78 is 7.07. The molecule has 0 aromatic rings. The van der Waals surface area contributed by atoms with E-state index in [1.807, 2.05) is 0 Å². The number of rotatable bonds is 13. The second-order valence-corrected chi connectivity index (χ2v) is 17.5. The van der Waals surface area contributed by atoms with Crippen molar-refractivity contribution in [2.45, 2.75) is 124 Å². The van der Waals surface area contributed by atoms with Crippen molar-refractivity contribution in [3.05, 3.63) is 12.2 Å². The van der Waals surface area contributed by atoms with E-state index in [1.54, 1.807) is 11.8 Å². The van der Waals surface area contributed by atoms with Crippen LogP contribution in [0.3, 0.4) is 0 Å². The van der Waals surface area contributed by atoms with Gasteiger partial charge in [-0.25, -0.2) is 0 Å². The second-order valence-electron chi connectivity index (χ2n) is 11.7. The van der Waals surface area contributed by atoms with Gasteiger partial charge in [0.25, 0.3) is 0 Å². The van der Waals surface area contributed by atoms with E-state index in [1.165, 1.54) is 6.42 Å². The molecule has 3 rings (SSSR count). The van der Waals surface area contributed by atoms with Gasteiger partial charge in [0.1, 0.15) is 5.78 Å². The predicted molar refractivity (Wildman–Crippen MR) is 148 cm³/mol. The molecule has 3 saturated carbocycles. The van der Waals surface area contributed by atoms with Crippen LogP contribution in [0.25, 0.3) is 0 Å². The van der Waals surface area contributed by atoms with Gasteiger partial charge < -0.3 is 4.43 Å². The van der Waals surface area contributed by atoms with Gasteiger partial charge in [-0.1, -0.05) is 71.9 Å². The van der Waals surface area contributed by atoms with Gasteiger partial charge in [-0.3, -0.25) is 9.59 Å². The standard InChI is InChI=1S/C29H50O3SSi/c1-7-11-21-33-27(31)29(19-20-29)26(32-34(8-2,9-3)10-4)17-14-22(5)23-15-16-24-25(30)13-12-18-28(23,24)6/h14,17,22-24,26H,7-13,15-16,18-21H2,1-6H3/b17-14+/t22-,23-,24+,26-,28-/m1/s1. The molecular weight excluding hydrogens is 456 g/mol. The maximum absolute atomic E-state index is 13.4. The molecule has 0 N–H and O–H groups in total. The molecule has 0 aromatic heterocycles. The summed E-state index contributed by atoms with van der Waals surface area (Å²) in [7, 11) is -1.85. The molecule has 5 heteroatoms. The van der Waals surface area contributed by atoms with Crippen LogP contribution in [0.15, 0.2) is 12.2 Å². The van der Waals surface area contributed by atoms with Crippen LogP contribution in [-0.2, 0) is 14.0 Å². The fraction of sp³-hybridized carbons (Fsp3) is 0.862. The SMILES string of the molecule is CCCCSC(=O)C1([C@@H](/C=C/[C@@H](C)[C@H]2CC[C@H]3C(=O)CCC[C@]23C)O[Si](CC)(CC)CC)CC1. The quantitative estimate of drug-likeness (QED) is 0.143. The van der Waals surface area contributed by atoms with Gasteiger partial charge in [-0.05, 0) is 80.3 Å². The number of hydrogen-bond donors (Lipinski definition) is 0. The molecule has 5 atom stereocenters. The number of carbonyl (C=O) groups is 2. The predicted octanol–water partition coefficient (Wildman–Crippen LogP) is 8.19. The van der Waals surface area contributed by atoms with Gasteiger partial charge in [0.2, 0.25) is 0 Å². The van der Waals surface area contributed by atoms with E-state index in [0.29, 0.717) is 22.7 Å². The zero-order valence-electron chi connectivity index (χ0n) is 22.8. The summed E-state index contributed by atoms with van der Waals surface area (Å²) in [5.41, 5.74) is -0.164. The minimum atomic E-state index is -1.85. The van der Waals surface area contributed by atoms with E-state index >= 15 is 0 Å². The Morgan fingerprint density at radius 3 is 2.38 bits per heavy atom. The van der Waals surface area contributed by atoms with E-state index in [2.05, 4.69) is 53.7 Å². The second kappa shape index (κ2) is 11.8. The van der Waals surface area contributed by atoms with Gasteiger partial charge in [0.05, 0.1) is 11.5 Å². The Morgan fingerprint density at radius 2 is 1.79 bits per heavy atom. The first-order valence-electron chi connectivity index (χ1n) is 14.3. The van der Waals surface area contributed by atoms with Crippen LogP contribution in [0.5, 0.6) is 0 Å². The molecule has 0 radical (unpaired) electrons. The lowest BCUT2D eigenvalue weighted by atomic mass is 9.62. The Bertz CT molecular complexity index is 733. The zero-order valence-corrected chi connectivity index (χ0v) is 24.6. The Morgan fingerprint density at radius 1 is 1.12 bits per heavy atom. The van der Waals surface area contributed by atoms with Crippen molar-refractivity contribution in [2.24, 2.45) is 28.6 Å². The maximum atomic E-state index is 13.4. The molecule has 3 nitrogen and oxygen atoms in total. The summed E-state index contributed by atoms with van der Waals surface area (Å²) in [6, 6.07) is 3.33. The van der Waals surface area contributed by atoms with Crippen LogP contribution in [0.4, 0.5) is 0 Å². The normalized spacial score (nSPS) is 30.4. The summed E-state index contributed by atoms with van der Waals surface area (Å²) in [5, 5.41) is 0.361. The molecule has 0 amide bonds. The Balaban J connectivity index is 1.81. The van der Waals surface area contributed by atoms with Crippen molar-refractivity contribution in [1.29, 1.82) is 0 Å². The lowest BCUT2D eigenvalue weighted by Crippen LogP contribution is -2.44. The summed E-state index contributed by atoms with van der Waals surface area (Å²) >= 11 is 1.55. The fourth-order valence-corrected chi connectivity index (χ4v) is 11.1. The van der Waals surface area contributed by atoms with E-state index in [-0.39, 0.29) is 22.9 Å². The van der Waals surface area contributed by atoms with Crippen molar-refractivity contribution in [1.82, 2.24) is 0 Å². The molecule has 0 bridgehead atoms. The highest BCUT2D eigenvalue weighted by Crippen LogP contribution is 2.58. The number of thioether (sulfide) groups is 1. The fourth-order valence-electron chi connectivity index (χ4n) is 7.04. The smallest absolute Gasteiger partial charge is 0.197 e. The Kier molecular flexibility index (Phi) is 9.76. The van der Waals surface area contributed by atoms with E-state index in [9.17, 15) is 9.59 Å². The van der Waals surface area contributed by atoms with Crippen LogP contribution < -0.4 is 0 Å². The Labute approximate surface area is 214 Å². The molecule has 34 heavy (non-hydrogen) atoms. The van der Waals surface area contributed by atoms with Crippen LogP contribution in [0.1, 0.15) is 99.3 Å². The van der Waals surface area contributed by atoms with Crippen molar-refractivity contribution in [3.63, 3.8) is 0 Å². The number of carbonyl (C=O) groups excluding carboxylic acids is 2. The molecule has 0 unspecified atom stereocenters. The van der Waals surface area contributed by atoms with E-state index in [0.717, 1.165) is 75.3 Å². The maximum Gasteiger partial charge on any atom is 0.197 e. The van der Waals surface area contributed by atoms with Gasteiger partial charge in [0.15, 0.2) is 13.4 Å². The molecule has 0 spiro atoms. The highest BCUT2D eigenvalue weighted by molar-refractivity contribution is 8.13. The minimum absolute atomic E-state index is 0.0823. The summed E-state index contributed by atoms with van der Waals surface area (Å²) in [5.74, 6) is 2.66. The molecule has 0 saturated heterocycles. The van der Waals surface area contributed by atoms with Crippen LogP contribution >= 0.6 is 11.8 Å². The molecule has 3 fully saturated rings. The third kappa shape index (κ3) is 5.62. The average molecular weight is 507 g/mol. The van der Waals surface area contributed by atoms with Crippen molar-refractivity contribution < 1.29 is 14.0 Å². The highest BCUT2D eigenvalue weighted by Gasteiger charge is 2.57. The monoisotopic (exact) mass is 506 g/mol. The van der Waals surface area contributed by atoms with Gasteiger partial charge in [-0.2, -0.15) is 0 Å². The van der Waals surface area contributed by atoms with Gasteiger partial charge >= 0.3 is 0 Å². The molecule has 3 aliphatic rings. The third-order valence-electron chi connectivity index (χ3n) is 9.94. The Hall–Kier alpha value is -0.393. The molecule has 194 valence electrons. The van der Waals surface area contributed by atoms with Crippen molar-refractivity contribution >= 4 is 31.0 Å². The number of unbranched alkanes of at least 4 members (excludes halogenated alkanes) is 1. The average Bonchev–Trinajstić information content (AvgIpc) is 3.56. The number of ketones is 1. The van der Waals surface area contributed by atoms with Crippen molar-refractivity contribution in [3.8, 4) is 0 Å². The molecule has 0 aromatic carbocycles. The van der Waals surface area contributed by atoms with Crippen LogP contribution in [0, 0.1) is 28.6 Å². The molecule has 0 heterocycles. The van der Waals surface area contributed by atoms with Crippen molar-refractivity contribution in [2.75, 3.05) is 5.75 Å². The van der Waals surface area contributed by atoms with Crippen LogP contribution in [0.2, 0.25) is 18.1 Å². The third-order valence-corrected chi connectivity index (χ3v) is 15.7. The number of allylic oxidation sites excluding steroid dienone is 1. The summed E-state index contributed by atoms with van der Waals surface area (Å²) in [6.07, 6.45) is 14.0. The summed E-state index contributed by atoms with van der Waals surface area (Å²) in [6.45, 7) is 13.7. The lowest BCUT2D eigenvalue weighted by Gasteiger charge is -2.42. The zero-order chi connectivity index (χ0) is 25.0. The number of Topliss-reactive ketones (excluding diaryl/α,β-unsaturated/α-hetero) is 1. The number of fused-ring (bicyclic) bond motifs is 1. The molecule has 0 aliphatic heterocycles. The summed E-state index contributed by atoms with van der Waals surface area (Å²) in [4.78, 5) is 26.0. The molecule has 3 aliphatic carbocycles.